The minimum atomic E-state index is -1.11. The van der Waals surface area contributed by atoms with Gasteiger partial charge in [0.25, 0.3) is 5.91 Å². The summed E-state index contributed by atoms with van der Waals surface area (Å²) in [5.74, 6) is 2.09. The van der Waals surface area contributed by atoms with Crippen molar-refractivity contribution in [2.45, 2.75) is 18.9 Å². The first-order valence-corrected chi connectivity index (χ1v) is 10.5. The highest BCUT2D eigenvalue weighted by molar-refractivity contribution is 6.35. The molecule has 2 aromatic carbocycles. The average molecular weight is 471 g/mol. The van der Waals surface area contributed by atoms with Gasteiger partial charge in [0.1, 0.15) is 30.0 Å². The molecule has 3 rings (SSSR count). The van der Waals surface area contributed by atoms with Crippen LogP contribution in [-0.4, -0.2) is 55.7 Å². The molecule has 0 bridgehead atoms. The Morgan fingerprint density at radius 2 is 1.91 bits per heavy atom. The van der Waals surface area contributed by atoms with E-state index in [2.05, 4.69) is 22.5 Å². The molecule has 1 heterocycles. The summed E-state index contributed by atoms with van der Waals surface area (Å²) in [5, 5.41) is 13.6. The lowest BCUT2D eigenvalue weighted by Crippen LogP contribution is -2.53. The highest BCUT2D eigenvalue weighted by Crippen LogP contribution is 2.31. The number of nitrogens with zero attached hydrogens (tertiary/aromatic N) is 1. The third-order valence-corrected chi connectivity index (χ3v) is 4.96. The number of hydrogen-bond donors (Lipinski definition) is 3. The molecule has 0 aromatic heterocycles. The Morgan fingerprint density at radius 1 is 1.18 bits per heavy atom. The van der Waals surface area contributed by atoms with Gasteiger partial charge in [-0.05, 0) is 42.3 Å². The molecule has 10 heteroatoms. The number of halogens is 2. The van der Waals surface area contributed by atoms with Crippen molar-refractivity contribution in [2.24, 2.45) is 0 Å². The quantitative estimate of drug-likeness (QED) is 0.444. The van der Waals surface area contributed by atoms with Gasteiger partial charge in [0.15, 0.2) is 0 Å². The van der Waals surface area contributed by atoms with Crippen molar-refractivity contribution in [1.29, 1.82) is 0 Å². The summed E-state index contributed by atoms with van der Waals surface area (Å²) in [6.45, 7) is -0.277. The third kappa shape index (κ3) is 6.30. The highest BCUT2D eigenvalue weighted by atomic mass is 19.1. The van der Waals surface area contributed by atoms with Crippen LogP contribution >= 0.6 is 0 Å². The topological polar surface area (TPSA) is 108 Å². The Kier molecular flexibility index (Phi) is 8.16. The number of aliphatic hydroxyl groups is 1. The smallest absolute Gasteiger partial charge is 0.310 e. The molecule has 3 amide bonds. The van der Waals surface area contributed by atoms with Crippen LogP contribution in [0.15, 0.2) is 36.4 Å². The summed E-state index contributed by atoms with van der Waals surface area (Å²) in [6, 6.07) is 6.90. The van der Waals surface area contributed by atoms with E-state index < -0.39 is 35.4 Å². The first-order valence-electron chi connectivity index (χ1n) is 10.5. The molecule has 0 unspecified atom stereocenters. The number of benzene rings is 2. The van der Waals surface area contributed by atoms with Crippen LogP contribution in [0.2, 0.25) is 0 Å². The molecule has 1 aliphatic rings. The molecule has 0 radical (unpaired) electrons. The second-order valence-electron chi connectivity index (χ2n) is 7.48. The van der Waals surface area contributed by atoms with Crippen molar-refractivity contribution in [3.05, 3.63) is 59.2 Å². The van der Waals surface area contributed by atoms with E-state index in [0.29, 0.717) is 29.0 Å². The fourth-order valence-corrected chi connectivity index (χ4v) is 3.28. The maximum Gasteiger partial charge on any atom is 0.310 e. The molecule has 1 atom stereocenters. The molecule has 1 aliphatic heterocycles. The van der Waals surface area contributed by atoms with Crippen molar-refractivity contribution in [1.82, 2.24) is 10.6 Å². The lowest BCUT2D eigenvalue weighted by molar-refractivity contribution is -0.140. The van der Waals surface area contributed by atoms with Crippen molar-refractivity contribution < 1.29 is 33.0 Å². The maximum atomic E-state index is 13.2. The van der Waals surface area contributed by atoms with Gasteiger partial charge in [0.05, 0.1) is 12.3 Å². The van der Waals surface area contributed by atoms with Crippen molar-refractivity contribution in [2.75, 3.05) is 31.7 Å². The number of fused-ring (bicyclic) bond motifs is 1. The second kappa shape index (κ2) is 11.2. The summed E-state index contributed by atoms with van der Waals surface area (Å²) >= 11 is 0. The van der Waals surface area contributed by atoms with Crippen LogP contribution in [0.4, 0.5) is 14.5 Å². The van der Waals surface area contributed by atoms with Crippen LogP contribution in [0.1, 0.15) is 17.5 Å². The van der Waals surface area contributed by atoms with Crippen LogP contribution in [0.3, 0.4) is 0 Å². The molecule has 0 saturated heterocycles. The van der Waals surface area contributed by atoms with Crippen LogP contribution in [0.5, 0.6) is 5.75 Å². The number of likely N-dealkylation sites (N-methyl/N-ethyl adjacent to an activating group) is 1. The zero-order valence-electron chi connectivity index (χ0n) is 18.4. The molecular weight excluding hydrogens is 448 g/mol. The summed E-state index contributed by atoms with van der Waals surface area (Å²) in [6.07, 6.45) is 0.429. The SMILES string of the molecule is CN1C(=O)[C@@H](NC(=O)C(=O)NCCc2cc(F)cc(F)c2)COc2ccc(C#CCCO)cc21. The number of aliphatic hydroxyl groups excluding tert-OH is 1. The Balaban J connectivity index is 1.58. The number of carbonyl (C=O) groups is 3. The van der Waals surface area contributed by atoms with E-state index in [-0.39, 0.29) is 26.2 Å². The minimum Gasteiger partial charge on any atom is -0.489 e. The number of ether oxygens (including phenoxy) is 1. The Labute approximate surface area is 194 Å². The summed E-state index contributed by atoms with van der Waals surface area (Å²) in [5.41, 5.74) is 1.39. The van der Waals surface area contributed by atoms with Gasteiger partial charge in [-0.25, -0.2) is 8.78 Å². The van der Waals surface area contributed by atoms with Crippen LogP contribution in [-0.2, 0) is 20.8 Å². The largest absolute Gasteiger partial charge is 0.489 e. The molecule has 2 aromatic rings. The van der Waals surface area contributed by atoms with E-state index in [1.54, 1.807) is 18.2 Å². The van der Waals surface area contributed by atoms with Gasteiger partial charge in [-0.15, -0.1) is 0 Å². The average Bonchev–Trinajstić information content (AvgIpc) is 2.90. The molecule has 3 N–H and O–H groups in total. The van der Waals surface area contributed by atoms with E-state index in [1.165, 1.54) is 11.9 Å². The van der Waals surface area contributed by atoms with Gasteiger partial charge in [-0.3, -0.25) is 14.4 Å². The molecule has 0 fully saturated rings. The van der Waals surface area contributed by atoms with E-state index in [0.717, 1.165) is 18.2 Å². The normalized spacial score (nSPS) is 14.8. The summed E-state index contributed by atoms with van der Waals surface area (Å²) in [7, 11) is 1.51. The standard InChI is InChI=1S/C24H23F2N3O5/c1-29-20-12-15(4-2-3-9-30)5-6-21(20)34-14-19(24(29)33)28-23(32)22(31)27-8-7-16-10-17(25)13-18(26)11-16/h5-6,10-13,19,30H,3,7-9,14H2,1H3,(H,27,31)(H,28,32)/t19-/m0/s1. The fourth-order valence-electron chi connectivity index (χ4n) is 3.28. The highest BCUT2D eigenvalue weighted by Gasteiger charge is 2.32. The molecule has 34 heavy (non-hydrogen) atoms. The number of hydrogen-bond acceptors (Lipinski definition) is 5. The molecule has 8 nitrogen and oxygen atoms in total. The summed E-state index contributed by atoms with van der Waals surface area (Å²) < 4.78 is 32.1. The zero-order valence-corrected chi connectivity index (χ0v) is 18.4. The van der Waals surface area contributed by atoms with E-state index in [9.17, 15) is 23.2 Å². The molecule has 0 saturated carbocycles. The summed E-state index contributed by atoms with van der Waals surface area (Å²) in [4.78, 5) is 38.6. The van der Waals surface area contributed by atoms with E-state index in [4.69, 9.17) is 9.84 Å². The first-order chi connectivity index (χ1) is 16.3. The first kappa shape index (κ1) is 24.7. The van der Waals surface area contributed by atoms with Gasteiger partial charge in [-0.2, -0.15) is 0 Å². The van der Waals surface area contributed by atoms with Gasteiger partial charge in [0.2, 0.25) is 0 Å². The van der Waals surface area contributed by atoms with Crippen molar-refractivity contribution in [3.8, 4) is 17.6 Å². The zero-order chi connectivity index (χ0) is 24.7. The number of amides is 3. The van der Waals surface area contributed by atoms with Crippen LogP contribution in [0, 0.1) is 23.5 Å². The van der Waals surface area contributed by atoms with E-state index >= 15 is 0 Å². The maximum absolute atomic E-state index is 13.2. The van der Waals surface area contributed by atoms with Crippen LogP contribution < -0.4 is 20.3 Å². The number of rotatable bonds is 5. The van der Waals surface area contributed by atoms with Crippen LogP contribution in [0.25, 0.3) is 0 Å². The molecule has 0 aliphatic carbocycles. The van der Waals surface area contributed by atoms with Gasteiger partial charge in [-0.1, -0.05) is 11.8 Å². The predicted octanol–water partition coefficient (Wildman–Crippen LogP) is 0.898. The minimum absolute atomic E-state index is 0.0320. The fraction of sp³-hybridized carbons (Fsp3) is 0.292. The van der Waals surface area contributed by atoms with Gasteiger partial charge >= 0.3 is 11.8 Å². The monoisotopic (exact) mass is 471 g/mol. The molecule has 178 valence electrons. The number of anilines is 1. The Hall–Kier alpha value is -3.97. The lowest BCUT2D eigenvalue weighted by Gasteiger charge is -2.20. The third-order valence-electron chi connectivity index (χ3n) is 4.96. The van der Waals surface area contributed by atoms with E-state index in [1.807, 2.05) is 0 Å². The van der Waals surface area contributed by atoms with Gasteiger partial charge in [0, 0.05) is 31.6 Å². The van der Waals surface area contributed by atoms with Crippen molar-refractivity contribution >= 4 is 23.4 Å². The Morgan fingerprint density at radius 3 is 2.62 bits per heavy atom. The van der Waals surface area contributed by atoms with Crippen molar-refractivity contribution in [3.63, 3.8) is 0 Å². The molecule has 0 spiro atoms. The predicted molar refractivity (Wildman–Crippen MR) is 119 cm³/mol. The number of nitrogens with one attached hydrogen (secondary N) is 2. The van der Waals surface area contributed by atoms with Gasteiger partial charge < -0.3 is 25.4 Å². The number of carbonyl (C=O) groups excluding carboxylic acids is 3. The lowest BCUT2D eigenvalue weighted by atomic mass is 10.1. The second-order valence-corrected chi connectivity index (χ2v) is 7.48. The molecular formula is C24H23F2N3O5. The Bertz CT molecular complexity index is 1140.